The van der Waals surface area contributed by atoms with Gasteiger partial charge in [0.05, 0.1) is 32.5 Å². The Labute approximate surface area is 149 Å². The Morgan fingerprint density at radius 3 is 2.80 bits per heavy atom. The van der Waals surface area contributed by atoms with E-state index in [-0.39, 0.29) is 0 Å². The number of hydrogen-bond donors (Lipinski definition) is 0. The van der Waals surface area contributed by atoms with Crippen LogP contribution in [-0.2, 0) is 11.3 Å². The monoisotopic (exact) mass is 357 g/mol. The fourth-order valence-electron chi connectivity index (χ4n) is 2.48. The molecule has 0 aliphatic carbocycles. The second-order valence-electron chi connectivity index (χ2n) is 5.33. The summed E-state index contributed by atoms with van der Waals surface area (Å²) in [6, 6.07) is 12.5. The van der Waals surface area contributed by atoms with E-state index in [1.165, 1.54) is 7.11 Å². The number of ether oxygens (including phenoxy) is 2. The zero-order valence-corrected chi connectivity index (χ0v) is 14.5. The molecule has 1 aromatic heterocycles. The van der Waals surface area contributed by atoms with Crippen LogP contribution in [0, 0.1) is 0 Å². The third kappa shape index (κ3) is 3.80. The van der Waals surface area contributed by atoms with E-state index < -0.39 is 5.97 Å². The van der Waals surface area contributed by atoms with Crippen molar-refractivity contribution in [2.45, 2.75) is 6.54 Å². The average molecular weight is 358 g/mol. The van der Waals surface area contributed by atoms with Gasteiger partial charge in [0, 0.05) is 16.1 Å². The van der Waals surface area contributed by atoms with Crippen LogP contribution < -0.4 is 4.74 Å². The first-order valence-electron chi connectivity index (χ1n) is 7.52. The molecule has 0 saturated heterocycles. The predicted octanol–water partition coefficient (Wildman–Crippen LogP) is 3.44. The number of esters is 1. The molecule has 1 heterocycles. The molecule has 0 spiro atoms. The van der Waals surface area contributed by atoms with Crippen LogP contribution >= 0.6 is 11.6 Å². The highest BCUT2D eigenvalue weighted by Gasteiger charge is 2.11. The number of carbonyl (C=O) groups excluding carboxylic acids is 1. The highest BCUT2D eigenvalue weighted by molar-refractivity contribution is 6.30. The summed E-state index contributed by atoms with van der Waals surface area (Å²) >= 11 is 6.06. The first-order chi connectivity index (χ1) is 12.1. The van der Waals surface area contributed by atoms with Gasteiger partial charge in [0.25, 0.3) is 0 Å². The highest BCUT2D eigenvalue weighted by Crippen LogP contribution is 2.24. The van der Waals surface area contributed by atoms with Crippen LogP contribution in [-0.4, -0.2) is 35.2 Å². The predicted molar refractivity (Wildman–Crippen MR) is 93.9 cm³/mol. The minimum absolute atomic E-state index is 0.391. The lowest BCUT2D eigenvalue weighted by atomic mass is 10.1. The van der Waals surface area contributed by atoms with Crippen molar-refractivity contribution >= 4 is 17.6 Å². The summed E-state index contributed by atoms with van der Waals surface area (Å²) in [5, 5.41) is 8.94. The average Bonchev–Trinajstić information content (AvgIpc) is 3.10. The smallest absolute Gasteiger partial charge is 0.337 e. The molecule has 0 saturated carbocycles. The van der Waals surface area contributed by atoms with Crippen molar-refractivity contribution in [3.8, 4) is 17.0 Å². The van der Waals surface area contributed by atoms with Crippen molar-refractivity contribution in [1.82, 2.24) is 15.0 Å². The van der Waals surface area contributed by atoms with E-state index in [9.17, 15) is 4.79 Å². The summed E-state index contributed by atoms with van der Waals surface area (Å²) in [6.45, 7) is 0.466. The molecule has 0 radical (unpaired) electrons. The number of methoxy groups -OCH3 is 2. The van der Waals surface area contributed by atoms with Crippen molar-refractivity contribution in [1.29, 1.82) is 0 Å². The number of carbonyl (C=O) groups is 1. The van der Waals surface area contributed by atoms with Gasteiger partial charge in [-0.15, -0.1) is 5.10 Å². The molecule has 0 bridgehead atoms. The second kappa shape index (κ2) is 7.36. The molecule has 0 N–H and O–H groups in total. The van der Waals surface area contributed by atoms with E-state index >= 15 is 0 Å². The molecule has 0 atom stereocenters. The number of nitrogens with zero attached hydrogens (tertiary/aromatic N) is 3. The molecular formula is C18H16ClN3O3. The van der Waals surface area contributed by atoms with Crippen molar-refractivity contribution in [3.63, 3.8) is 0 Å². The second-order valence-corrected chi connectivity index (χ2v) is 5.77. The van der Waals surface area contributed by atoms with Gasteiger partial charge in [-0.3, -0.25) is 0 Å². The number of aromatic nitrogens is 3. The van der Waals surface area contributed by atoms with Gasteiger partial charge < -0.3 is 9.47 Å². The third-order valence-electron chi connectivity index (χ3n) is 3.69. The summed E-state index contributed by atoms with van der Waals surface area (Å²) < 4.78 is 11.8. The van der Waals surface area contributed by atoms with Crippen LogP contribution in [0.2, 0.25) is 5.02 Å². The van der Waals surface area contributed by atoms with E-state index in [1.54, 1.807) is 42.3 Å². The summed E-state index contributed by atoms with van der Waals surface area (Å²) in [6.07, 6.45) is 1.80. The van der Waals surface area contributed by atoms with E-state index in [2.05, 4.69) is 10.3 Å². The molecule has 3 rings (SSSR count). The fraction of sp³-hybridized carbons (Fsp3) is 0.167. The van der Waals surface area contributed by atoms with Gasteiger partial charge in [0.15, 0.2) is 0 Å². The number of hydrogen-bond acceptors (Lipinski definition) is 5. The van der Waals surface area contributed by atoms with Crippen LogP contribution in [0.15, 0.2) is 48.7 Å². The van der Waals surface area contributed by atoms with E-state index in [4.69, 9.17) is 21.1 Å². The Kier molecular flexibility index (Phi) is 5.00. The Morgan fingerprint density at radius 2 is 2.04 bits per heavy atom. The Morgan fingerprint density at radius 1 is 1.20 bits per heavy atom. The van der Waals surface area contributed by atoms with Crippen molar-refractivity contribution in [3.05, 3.63) is 64.8 Å². The maximum atomic E-state index is 11.7. The van der Waals surface area contributed by atoms with E-state index in [0.717, 1.165) is 16.9 Å². The van der Waals surface area contributed by atoms with Crippen LogP contribution in [0.3, 0.4) is 0 Å². The SMILES string of the molecule is COC(=O)c1cccc(-c2cn(Cc3cc(Cl)ccc3OC)nn2)c1. The summed E-state index contributed by atoms with van der Waals surface area (Å²) in [5.74, 6) is 0.340. The van der Waals surface area contributed by atoms with E-state index in [0.29, 0.717) is 22.8 Å². The zero-order valence-electron chi connectivity index (χ0n) is 13.8. The molecular weight excluding hydrogens is 342 g/mol. The lowest BCUT2D eigenvalue weighted by molar-refractivity contribution is 0.0601. The number of halogens is 1. The standard InChI is InChI=1S/C18H16ClN3O3/c1-24-17-7-6-15(19)9-14(17)10-22-11-16(20-21-22)12-4-3-5-13(8-12)18(23)25-2/h3-9,11H,10H2,1-2H3. The molecule has 0 fully saturated rings. The van der Waals surface area contributed by atoms with Gasteiger partial charge in [0.1, 0.15) is 11.4 Å². The summed E-state index contributed by atoms with van der Waals surface area (Å²) in [5.41, 5.74) is 2.81. The zero-order chi connectivity index (χ0) is 17.8. The lowest BCUT2D eigenvalue weighted by Crippen LogP contribution is -2.02. The summed E-state index contributed by atoms with van der Waals surface area (Å²) in [4.78, 5) is 11.7. The normalized spacial score (nSPS) is 10.5. The minimum atomic E-state index is -0.391. The Balaban J connectivity index is 1.86. The highest BCUT2D eigenvalue weighted by atomic mass is 35.5. The van der Waals surface area contributed by atoms with Crippen LogP contribution in [0.4, 0.5) is 0 Å². The molecule has 0 aliphatic heterocycles. The van der Waals surface area contributed by atoms with Crippen molar-refractivity contribution in [2.75, 3.05) is 14.2 Å². The Hall–Kier alpha value is -2.86. The summed E-state index contributed by atoms with van der Waals surface area (Å²) in [7, 11) is 2.96. The van der Waals surface area contributed by atoms with Gasteiger partial charge in [-0.2, -0.15) is 0 Å². The molecule has 2 aromatic carbocycles. The van der Waals surface area contributed by atoms with Gasteiger partial charge >= 0.3 is 5.97 Å². The molecule has 128 valence electrons. The van der Waals surface area contributed by atoms with Crippen LogP contribution in [0.25, 0.3) is 11.3 Å². The van der Waals surface area contributed by atoms with Gasteiger partial charge in [-0.25, -0.2) is 9.48 Å². The molecule has 3 aromatic rings. The maximum Gasteiger partial charge on any atom is 0.337 e. The number of rotatable bonds is 5. The van der Waals surface area contributed by atoms with Crippen LogP contribution in [0.1, 0.15) is 15.9 Å². The molecule has 0 aliphatic rings. The quantitative estimate of drug-likeness (QED) is 0.654. The molecule has 0 amide bonds. The first kappa shape index (κ1) is 17.0. The van der Waals surface area contributed by atoms with E-state index in [1.807, 2.05) is 18.2 Å². The fourth-order valence-corrected chi connectivity index (χ4v) is 2.67. The lowest BCUT2D eigenvalue weighted by Gasteiger charge is -2.08. The largest absolute Gasteiger partial charge is 0.496 e. The molecule has 0 unspecified atom stereocenters. The molecule has 6 nitrogen and oxygen atoms in total. The maximum absolute atomic E-state index is 11.7. The third-order valence-corrected chi connectivity index (χ3v) is 3.93. The first-order valence-corrected chi connectivity index (χ1v) is 7.90. The number of benzene rings is 2. The van der Waals surface area contributed by atoms with Gasteiger partial charge in [0.2, 0.25) is 0 Å². The Bertz CT molecular complexity index is 908. The van der Waals surface area contributed by atoms with Gasteiger partial charge in [-0.05, 0) is 30.3 Å². The van der Waals surface area contributed by atoms with Crippen LogP contribution in [0.5, 0.6) is 5.75 Å². The van der Waals surface area contributed by atoms with Gasteiger partial charge in [-0.1, -0.05) is 28.9 Å². The van der Waals surface area contributed by atoms with Crippen molar-refractivity contribution in [2.24, 2.45) is 0 Å². The molecule has 25 heavy (non-hydrogen) atoms. The minimum Gasteiger partial charge on any atom is -0.496 e. The van der Waals surface area contributed by atoms with Crippen molar-refractivity contribution < 1.29 is 14.3 Å². The molecule has 7 heteroatoms. The topological polar surface area (TPSA) is 66.2 Å².